The summed E-state index contributed by atoms with van der Waals surface area (Å²) in [6.45, 7) is 1.95. The molecule has 19 heavy (non-hydrogen) atoms. The highest BCUT2D eigenvalue weighted by Gasteiger charge is 2.12. The van der Waals surface area contributed by atoms with Crippen LogP contribution in [0.1, 0.15) is 5.56 Å². The minimum atomic E-state index is 0.431. The first-order valence-corrected chi connectivity index (χ1v) is 6.26. The molecule has 94 valence electrons. The molecule has 3 aromatic rings. The third-order valence-corrected chi connectivity index (χ3v) is 3.05. The molecule has 0 unspecified atom stereocenters. The van der Waals surface area contributed by atoms with Crippen molar-refractivity contribution < 1.29 is 4.42 Å². The van der Waals surface area contributed by atoms with E-state index >= 15 is 0 Å². The average Bonchev–Trinajstić information content (AvgIpc) is 2.92. The van der Waals surface area contributed by atoms with E-state index in [1.54, 1.807) is 12.3 Å². The van der Waals surface area contributed by atoms with Crippen molar-refractivity contribution in [2.45, 2.75) is 6.92 Å². The molecule has 0 atom stereocenters. The number of aromatic nitrogens is 2. The first-order chi connectivity index (χ1) is 9.24. The predicted octanol–water partition coefficient (Wildman–Crippen LogP) is 4.37. The highest BCUT2D eigenvalue weighted by atomic mass is 35.5. The summed E-state index contributed by atoms with van der Waals surface area (Å²) >= 11 is 5.91. The summed E-state index contributed by atoms with van der Waals surface area (Å²) in [6, 6.07) is 13.5. The number of benzene rings is 1. The van der Waals surface area contributed by atoms with E-state index in [1.165, 1.54) is 0 Å². The van der Waals surface area contributed by atoms with E-state index in [0.717, 1.165) is 16.8 Å². The van der Waals surface area contributed by atoms with Crippen molar-refractivity contribution in [3.8, 4) is 22.8 Å². The van der Waals surface area contributed by atoms with Crippen molar-refractivity contribution in [2.24, 2.45) is 0 Å². The maximum Gasteiger partial charge on any atom is 0.245 e. The molecule has 3 rings (SSSR count). The van der Waals surface area contributed by atoms with Crippen LogP contribution < -0.4 is 0 Å². The Morgan fingerprint density at radius 3 is 2.58 bits per heavy atom. The largest absolute Gasteiger partial charge is 0.443 e. The van der Waals surface area contributed by atoms with Gasteiger partial charge < -0.3 is 4.42 Å². The molecule has 0 aliphatic heterocycles. The summed E-state index contributed by atoms with van der Waals surface area (Å²) < 4.78 is 5.51. The molecule has 0 spiro atoms. The van der Waals surface area contributed by atoms with Crippen LogP contribution in [0.25, 0.3) is 22.8 Å². The van der Waals surface area contributed by atoms with Gasteiger partial charge in [0.05, 0.1) is 0 Å². The van der Waals surface area contributed by atoms with E-state index in [2.05, 4.69) is 9.97 Å². The Morgan fingerprint density at radius 1 is 1.00 bits per heavy atom. The Morgan fingerprint density at radius 2 is 1.79 bits per heavy atom. The van der Waals surface area contributed by atoms with Crippen LogP contribution >= 0.6 is 11.6 Å². The van der Waals surface area contributed by atoms with Gasteiger partial charge in [0.2, 0.25) is 5.89 Å². The van der Waals surface area contributed by atoms with Gasteiger partial charge in [0.1, 0.15) is 22.8 Å². The topological polar surface area (TPSA) is 38.9 Å². The number of pyridine rings is 1. The normalized spacial score (nSPS) is 10.6. The molecule has 0 fully saturated rings. The van der Waals surface area contributed by atoms with Crippen molar-refractivity contribution in [2.75, 3.05) is 0 Å². The van der Waals surface area contributed by atoms with Crippen LogP contribution in [0.5, 0.6) is 0 Å². The Kier molecular flexibility index (Phi) is 3.05. The summed E-state index contributed by atoms with van der Waals surface area (Å²) in [7, 11) is 0. The lowest BCUT2D eigenvalue weighted by Gasteiger charge is -2.00. The zero-order chi connectivity index (χ0) is 13.2. The molecule has 0 radical (unpaired) electrons. The third kappa shape index (κ3) is 2.37. The summed E-state index contributed by atoms with van der Waals surface area (Å²) in [5.74, 6) is 0.485. The minimum absolute atomic E-state index is 0.431. The van der Waals surface area contributed by atoms with Gasteiger partial charge in [-0.25, -0.2) is 9.97 Å². The number of halogens is 1. The van der Waals surface area contributed by atoms with Gasteiger partial charge in [0.15, 0.2) is 0 Å². The smallest absolute Gasteiger partial charge is 0.245 e. The SMILES string of the molecule is Cc1ccc(Cl)nc1-c1nc(-c2ccccc2)co1. The fraction of sp³-hybridized carbons (Fsp3) is 0.0667. The lowest BCUT2D eigenvalue weighted by molar-refractivity contribution is 0.572. The van der Waals surface area contributed by atoms with Crippen LogP contribution in [-0.4, -0.2) is 9.97 Å². The molecule has 0 saturated heterocycles. The molecule has 3 nitrogen and oxygen atoms in total. The average molecular weight is 271 g/mol. The molecule has 0 amide bonds. The molecule has 0 bridgehead atoms. The molecule has 0 aliphatic carbocycles. The molecule has 4 heteroatoms. The number of aryl methyl sites for hydroxylation is 1. The Bertz CT molecular complexity index is 707. The Labute approximate surface area is 115 Å². The molecule has 0 N–H and O–H groups in total. The summed E-state index contributed by atoms with van der Waals surface area (Å²) in [5, 5.41) is 0.431. The van der Waals surface area contributed by atoms with Crippen molar-refractivity contribution in [1.29, 1.82) is 0 Å². The van der Waals surface area contributed by atoms with E-state index in [9.17, 15) is 0 Å². The van der Waals surface area contributed by atoms with Gasteiger partial charge >= 0.3 is 0 Å². The van der Waals surface area contributed by atoms with Gasteiger partial charge in [0, 0.05) is 5.56 Å². The highest BCUT2D eigenvalue weighted by Crippen LogP contribution is 2.26. The van der Waals surface area contributed by atoms with Crippen molar-refractivity contribution in [3.05, 3.63) is 59.4 Å². The maximum absolute atomic E-state index is 5.91. The van der Waals surface area contributed by atoms with E-state index in [-0.39, 0.29) is 0 Å². The number of hydrogen-bond acceptors (Lipinski definition) is 3. The summed E-state index contributed by atoms with van der Waals surface area (Å²) in [4.78, 5) is 8.72. The van der Waals surface area contributed by atoms with Crippen LogP contribution in [0.3, 0.4) is 0 Å². The van der Waals surface area contributed by atoms with Crippen LogP contribution in [0.2, 0.25) is 5.15 Å². The number of nitrogens with zero attached hydrogens (tertiary/aromatic N) is 2. The standard InChI is InChI=1S/C15H11ClN2O/c1-10-7-8-13(16)18-14(10)15-17-12(9-19-15)11-5-3-2-4-6-11/h2-9H,1H3. The third-order valence-electron chi connectivity index (χ3n) is 2.84. The zero-order valence-corrected chi connectivity index (χ0v) is 11.1. The predicted molar refractivity (Wildman–Crippen MR) is 74.9 cm³/mol. The maximum atomic E-state index is 5.91. The van der Waals surface area contributed by atoms with Gasteiger partial charge in [-0.05, 0) is 18.6 Å². The number of rotatable bonds is 2. The monoisotopic (exact) mass is 270 g/mol. The van der Waals surface area contributed by atoms with Gasteiger partial charge in [-0.15, -0.1) is 0 Å². The second-order valence-electron chi connectivity index (χ2n) is 4.20. The Balaban J connectivity index is 2.04. The van der Waals surface area contributed by atoms with Crippen LogP contribution in [-0.2, 0) is 0 Å². The van der Waals surface area contributed by atoms with Crippen LogP contribution in [0.4, 0.5) is 0 Å². The van der Waals surface area contributed by atoms with Crippen molar-refractivity contribution in [1.82, 2.24) is 9.97 Å². The molecule has 2 aromatic heterocycles. The van der Waals surface area contributed by atoms with Gasteiger partial charge in [0.25, 0.3) is 0 Å². The summed E-state index contributed by atoms with van der Waals surface area (Å²) in [5.41, 5.74) is 3.45. The number of oxazole rings is 1. The fourth-order valence-electron chi connectivity index (χ4n) is 1.85. The quantitative estimate of drug-likeness (QED) is 0.649. The van der Waals surface area contributed by atoms with E-state index in [1.807, 2.05) is 43.3 Å². The van der Waals surface area contributed by atoms with Gasteiger partial charge in [-0.2, -0.15) is 0 Å². The van der Waals surface area contributed by atoms with Gasteiger partial charge in [-0.1, -0.05) is 48.0 Å². The lowest BCUT2D eigenvalue weighted by atomic mass is 10.2. The van der Waals surface area contributed by atoms with Crippen molar-refractivity contribution >= 4 is 11.6 Å². The zero-order valence-electron chi connectivity index (χ0n) is 10.3. The Hall–Kier alpha value is -2.13. The van der Waals surface area contributed by atoms with E-state index in [0.29, 0.717) is 16.7 Å². The molecular formula is C15H11ClN2O. The molecule has 0 aliphatic rings. The highest BCUT2D eigenvalue weighted by molar-refractivity contribution is 6.29. The fourth-order valence-corrected chi connectivity index (χ4v) is 1.99. The summed E-state index contributed by atoms with van der Waals surface area (Å²) in [6.07, 6.45) is 1.63. The molecule has 0 saturated carbocycles. The van der Waals surface area contributed by atoms with Crippen LogP contribution in [0, 0.1) is 6.92 Å². The molecular weight excluding hydrogens is 260 g/mol. The van der Waals surface area contributed by atoms with E-state index in [4.69, 9.17) is 16.0 Å². The number of hydrogen-bond donors (Lipinski definition) is 0. The molecule has 2 heterocycles. The second kappa shape index (κ2) is 4.86. The first kappa shape index (κ1) is 11.9. The lowest BCUT2D eigenvalue weighted by Crippen LogP contribution is -1.89. The first-order valence-electron chi connectivity index (χ1n) is 5.88. The molecule has 1 aromatic carbocycles. The van der Waals surface area contributed by atoms with E-state index < -0.39 is 0 Å². The van der Waals surface area contributed by atoms with Crippen LogP contribution in [0.15, 0.2) is 53.1 Å². The minimum Gasteiger partial charge on any atom is -0.443 e. The van der Waals surface area contributed by atoms with Gasteiger partial charge in [-0.3, -0.25) is 0 Å². The van der Waals surface area contributed by atoms with Crippen molar-refractivity contribution in [3.63, 3.8) is 0 Å². The second-order valence-corrected chi connectivity index (χ2v) is 4.59.